The Morgan fingerprint density at radius 1 is 1.35 bits per heavy atom. The molecule has 1 fully saturated rings. The average molecular weight is 233 g/mol. The summed E-state index contributed by atoms with van der Waals surface area (Å²) in [6.45, 7) is 1.17. The number of carbonyl (C=O) groups excluding carboxylic acids is 1. The number of pyridine rings is 1. The second-order valence-electron chi connectivity index (χ2n) is 4.46. The third-order valence-corrected chi connectivity index (χ3v) is 3.32. The molecular formula is C13H19N3O. The van der Waals surface area contributed by atoms with Gasteiger partial charge in [-0.05, 0) is 25.0 Å². The fourth-order valence-electron chi connectivity index (χ4n) is 2.47. The number of rotatable bonds is 4. The highest BCUT2D eigenvalue weighted by molar-refractivity contribution is 5.94. The maximum atomic E-state index is 12.4. The number of nitrogens with zero attached hydrogens (tertiary/aromatic N) is 2. The Hall–Kier alpha value is -1.42. The van der Waals surface area contributed by atoms with Crippen LogP contribution in [0, 0.1) is 0 Å². The Labute approximate surface area is 102 Å². The first-order chi connectivity index (χ1) is 8.33. The molecule has 0 unspecified atom stereocenters. The van der Waals surface area contributed by atoms with Crippen molar-refractivity contribution in [1.82, 2.24) is 9.88 Å². The molecule has 1 aromatic rings. The van der Waals surface area contributed by atoms with Gasteiger partial charge in [0.1, 0.15) is 0 Å². The first-order valence-corrected chi connectivity index (χ1v) is 6.24. The van der Waals surface area contributed by atoms with E-state index in [2.05, 4.69) is 4.98 Å². The van der Waals surface area contributed by atoms with E-state index in [9.17, 15) is 4.79 Å². The van der Waals surface area contributed by atoms with Crippen LogP contribution in [-0.4, -0.2) is 34.9 Å². The number of nitrogens with two attached hydrogens (primary N) is 1. The van der Waals surface area contributed by atoms with Crippen molar-refractivity contribution in [1.29, 1.82) is 0 Å². The van der Waals surface area contributed by atoms with Gasteiger partial charge < -0.3 is 10.6 Å². The zero-order chi connectivity index (χ0) is 12.1. The summed E-state index contributed by atoms with van der Waals surface area (Å²) < 4.78 is 0. The van der Waals surface area contributed by atoms with Gasteiger partial charge in [0.25, 0.3) is 5.91 Å². The third-order valence-electron chi connectivity index (χ3n) is 3.32. The average Bonchev–Trinajstić information content (AvgIpc) is 2.90. The van der Waals surface area contributed by atoms with Crippen LogP contribution in [0.15, 0.2) is 24.5 Å². The van der Waals surface area contributed by atoms with Crippen molar-refractivity contribution in [3.05, 3.63) is 30.1 Å². The van der Waals surface area contributed by atoms with Crippen molar-refractivity contribution >= 4 is 5.91 Å². The van der Waals surface area contributed by atoms with Crippen molar-refractivity contribution in [2.75, 3.05) is 13.1 Å². The van der Waals surface area contributed by atoms with Crippen LogP contribution in [-0.2, 0) is 0 Å². The summed E-state index contributed by atoms with van der Waals surface area (Å²) in [6, 6.07) is 3.90. The van der Waals surface area contributed by atoms with E-state index in [-0.39, 0.29) is 5.91 Å². The molecule has 4 nitrogen and oxygen atoms in total. The van der Waals surface area contributed by atoms with Gasteiger partial charge in [0.15, 0.2) is 0 Å². The van der Waals surface area contributed by atoms with E-state index < -0.39 is 0 Å². The summed E-state index contributed by atoms with van der Waals surface area (Å²) in [4.78, 5) is 18.2. The van der Waals surface area contributed by atoms with E-state index in [1.807, 2.05) is 4.90 Å². The molecule has 0 spiro atoms. The fourth-order valence-corrected chi connectivity index (χ4v) is 2.47. The van der Waals surface area contributed by atoms with Crippen LogP contribution in [0.5, 0.6) is 0 Å². The van der Waals surface area contributed by atoms with Crippen LogP contribution < -0.4 is 5.73 Å². The summed E-state index contributed by atoms with van der Waals surface area (Å²) in [5.41, 5.74) is 6.32. The molecule has 2 rings (SSSR count). The highest BCUT2D eigenvalue weighted by atomic mass is 16.2. The lowest BCUT2D eigenvalue weighted by atomic mass is 10.1. The van der Waals surface area contributed by atoms with Gasteiger partial charge >= 0.3 is 0 Å². The van der Waals surface area contributed by atoms with Crippen molar-refractivity contribution in [3.8, 4) is 0 Å². The molecule has 0 bridgehead atoms. The van der Waals surface area contributed by atoms with Gasteiger partial charge in [-0.1, -0.05) is 12.8 Å². The van der Waals surface area contributed by atoms with Crippen molar-refractivity contribution in [2.24, 2.45) is 5.73 Å². The van der Waals surface area contributed by atoms with Crippen LogP contribution in [0.2, 0.25) is 0 Å². The smallest absolute Gasteiger partial charge is 0.254 e. The molecule has 1 aromatic heterocycles. The van der Waals surface area contributed by atoms with E-state index in [1.54, 1.807) is 24.5 Å². The predicted octanol–water partition coefficient (Wildman–Crippen LogP) is 1.43. The highest BCUT2D eigenvalue weighted by Gasteiger charge is 2.26. The maximum Gasteiger partial charge on any atom is 0.254 e. The molecule has 0 saturated heterocycles. The first-order valence-electron chi connectivity index (χ1n) is 6.24. The minimum Gasteiger partial charge on any atom is -0.334 e. The van der Waals surface area contributed by atoms with Crippen molar-refractivity contribution in [2.45, 2.75) is 31.7 Å². The van der Waals surface area contributed by atoms with Crippen LogP contribution in [0.4, 0.5) is 0 Å². The number of carbonyl (C=O) groups is 1. The Morgan fingerprint density at radius 2 is 2.00 bits per heavy atom. The number of aromatic nitrogens is 1. The summed E-state index contributed by atoms with van der Waals surface area (Å²) >= 11 is 0. The van der Waals surface area contributed by atoms with E-state index in [0.717, 1.165) is 12.8 Å². The summed E-state index contributed by atoms with van der Waals surface area (Å²) in [6.07, 6.45) is 7.96. The van der Waals surface area contributed by atoms with E-state index in [0.29, 0.717) is 24.7 Å². The number of hydrogen-bond acceptors (Lipinski definition) is 3. The normalized spacial score (nSPS) is 16.1. The van der Waals surface area contributed by atoms with E-state index >= 15 is 0 Å². The maximum absolute atomic E-state index is 12.4. The Bertz CT molecular complexity index is 360. The minimum atomic E-state index is 0.0877. The second kappa shape index (κ2) is 5.77. The van der Waals surface area contributed by atoms with Gasteiger partial charge in [-0.25, -0.2) is 0 Å². The molecular weight excluding hydrogens is 214 g/mol. The number of amides is 1. The monoisotopic (exact) mass is 233 g/mol. The molecule has 0 aliphatic heterocycles. The molecule has 1 aliphatic carbocycles. The van der Waals surface area contributed by atoms with E-state index in [4.69, 9.17) is 5.73 Å². The van der Waals surface area contributed by atoms with Crippen molar-refractivity contribution in [3.63, 3.8) is 0 Å². The molecule has 1 amide bonds. The van der Waals surface area contributed by atoms with Gasteiger partial charge in [-0.2, -0.15) is 0 Å². The molecule has 1 heterocycles. The summed E-state index contributed by atoms with van der Waals surface area (Å²) in [7, 11) is 0. The lowest BCUT2D eigenvalue weighted by Gasteiger charge is -2.28. The fraction of sp³-hybridized carbons (Fsp3) is 0.538. The SMILES string of the molecule is NCCN(C(=O)c1ccncc1)C1CCCC1. The Morgan fingerprint density at radius 3 is 2.59 bits per heavy atom. The van der Waals surface area contributed by atoms with Gasteiger partial charge in [0, 0.05) is 37.1 Å². The molecule has 2 N–H and O–H groups in total. The molecule has 0 atom stereocenters. The predicted molar refractivity (Wildman–Crippen MR) is 66.6 cm³/mol. The standard InChI is InChI=1S/C13H19N3O/c14-7-10-16(12-3-1-2-4-12)13(17)11-5-8-15-9-6-11/h5-6,8-9,12H,1-4,7,10,14H2. The van der Waals surface area contributed by atoms with Gasteiger partial charge in [-0.3, -0.25) is 9.78 Å². The zero-order valence-corrected chi connectivity index (χ0v) is 10.0. The van der Waals surface area contributed by atoms with Crippen LogP contribution in [0.1, 0.15) is 36.0 Å². The number of hydrogen-bond donors (Lipinski definition) is 1. The quantitative estimate of drug-likeness (QED) is 0.855. The third kappa shape index (κ3) is 2.82. The largest absolute Gasteiger partial charge is 0.334 e. The molecule has 0 aromatic carbocycles. The van der Waals surface area contributed by atoms with Crippen LogP contribution >= 0.6 is 0 Å². The van der Waals surface area contributed by atoms with Gasteiger partial charge in [0.05, 0.1) is 0 Å². The summed E-state index contributed by atoms with van der Waals surface area (Å²) in [5.74, 6) is 0.0877. The molecule has 1 aliphatic rings. The first kappa shape index (κ1) is 12.0. The zero-order valence-electron chi connectivity index (χ0n) is 10.0. The minimum absolute atomic E-state index is 0.0877. The lowest BCUT2D eigenvalue weighted by molar-refractivity contribution is 0.0688. The molecule has 17 heavy (non-hydrogen) atoms. The Balaban J connectivity index is 2.12. The summed E-state index contributed by atoms with van der Waals surface area (Å²) in [5, 5.41) is 0. The Kier molecular flexibility index (Phi) is 4.09. The molecule has 4 heteroatoms. The molecule has 92 valence electrons. The molecule has 1 saturated carbocycles. The van der Waals surface area contributed by atoms with E-state index in [1.165, 1.54) is 12.8 Å². The second-order valence-corrected chi connectivity index (χ2v) is 4.46. The van der Waals surface area contributed by atoms with Crippen LogP contribution in [0.3, 0.4) is 0 Å². The van der Waals surface area contributed by atoms with Gasteiger partial charge in [0.2, 0.25) is 0 Å². The highest BCUT2D eigenvalue weighted by Crippen LogP contribution is 2.24. The lowest BCUT2D eigenvalue weighted by Crippen LogP contribution is -2.41. The topological polar surface area (TPSA) is 59.2 Å². The van der Waals surface area contributed by atoms with Gasteiger partial charge in [-0.15, -0.1) is 0 Å². The van der Waals surface area contributed by atoms with Crippen molar-refractivity contribution < 1.29 is 4.79 Å². The molecule has 0 radical (unpaired) electrons. The van der Waals surface area contributed by atoms with Crippen LogP contribution in [0.25, 0.3) is 0 Å².